The van der Waals surface area contributed by atoms with Crippen LogP contribution in [0.2, 0.25) is 0 Å². The number of hydrogen-bond acceptors (Lipinski definition) is 4. The van der Waals surface area contributed by atoms with Crippen molar-refractivity contribution >= 4 is 11.7 Å². The van der Waals surface area contributed by atoms with E-state index in [1.165, 1.54) is 24.1 Å². The van der Waals surface area contributed by atoms with Gasteiger partial charge in [0.15, 0.2) is 0 Å². The van der Waals surface area contributed by atoms with Crippen LogP contribution in [0.3, 0.4) is 0 Å². The molecule has 0 aromatic heterocycles. The second kappa shape index (κ2) is 11.6. The molecule has 2 saturated heterocycles. The zero-order valence-corrected chi connectivity index (χ0v) is 19.1. The molecule has 0 radical (unpaired) electrons. The number of carbonyl (C=O) groups is 1. The van der Waals surface area contributed by atoms with Crippen molar-refractivity contribution in [3.8, 4) is 0 Å². The Bertz CT molecular complexity index is 652. The summed E-state index contributed by atoms with van der Waals surface area (Å²) in [4.78, 5) is 19.7. The fraction of sp³-hybridized carbons (Fsp3) is 0.708. The summed E-state index contributed by atoms with van der Waals surface area (Å²) in [6.45, 7) is 11.6. The Balaban J connectivity index is 1.59. The summed E-state index contributed by atoms with van der Waals surface area (Å²) in [5.74, 6) is 0.588. The number of carbonyl (C=O) groups excluding carboxylic acids is 1. The van der Waals surface area contributed by atoms with Crippen LogP contribution in [0.4, 0.5) is 10.5 Å². The number of nitrogens with zero attached hydrogens (tertiary/aromatic N) is 3. The molecule has 0 aliphatic carbocycles. The van der Waals surface area contributed by atoms with Gasteiger partial charge in [-0.1, -0.05) is 44.9 Å². The van der Waals surface area contributed by atoms with E-state index in [1.807, 2.05) is 11.9 Å². The molecular weight excluding hydrogens is 376 g/mol. The van der Waals surface area contributed by atoms with Gasteiger partial charge in [0, 0.05) is 58.0 Å². The molecule has 3 rings (SSSR count). The topological polar surface area (TPSA) is 48.1 Å². The van der Waals surface area contributed by atoms with Crippen molar-refractivity contribution in [2.45, 2.75) is 52.1 Å². The summed E-state index contributed by atoms with van der Waals surface area (Å²) in [5.41, 5.74) is 2.50. The van der Waals surface area contributed by atoms with Gasteiger partial charge in [0.1, 0.15) is 0 Å². The van der Waals surface area contributed by atoms with Gasteiger partial charge in [-0.05, 0) is 30.4 Å². The van der Waals surface area contributed by atoms with Crippen LogP contribution in [0.25, 0.3) is 0 Å². The van der Waals surface area contributed by atoms with Crippen LogP contribution < -0.4 is 10.2 Å². The van der Waals surface area contributed by atoms with E-state index in [9.17, 15) is 4.79 Å². The largest absolute Gasteiger partial charge is 0.379 e. The molecule has 0 spiro atoms. The van der Waals surface area contributed by atoms with Gasteiger partial charge in [0.2, 0.25) is 0 Å². The summed E-state index contributed by atoms with van der Waals surface area (Å²) in [7, 11) is 1.90. The van der Waals surface area contributed by atoms with Crippen molar-refractivity contribution < 1.29 is 9.53 Å². The highest BCUT2D eigenvalue weighted by atomic mass is 16.5. The van der Waals surface area contributed by atoms with Crippen molar-refractivity contribution in [3.63, 3.8) is 0 Å². The summed E-state index contributed by atoms with van der Waals surface area (Å²) in [6.07, 6.45) is 4.77. The van der Waals surface area contributed by atoms with E-state index >= 15 is 0 Å². The second-order valence-electron chi connectivity index (χ2n) is 8.66. The van der Waals surface area contributed by atoms with E-state index in [1.54, 1.807) is 0 Å². The minimum atomic E-state index is 0.00967. The highest BCUT2D eigenvalue weighted by molar-refractivity contribution is 5.74. The molecule has 30 heavy (non-hydrogen) atoms. The zero-order valence-electron chi connectivity index (χ0n) is 19.1. The number of benzene rings is 1. The van der Waals surface area contributed by atoms with E-state index in [0.29, 0.717) is 25.0 Å². The highest BCUT2D eigenvalue weighted by Gasteiger charge is 2.27. The predicted molar refractivity (Wildman–Crippen MR) is 123 cm³/mol. The quantitative estimate of drug-likeness (QED) is 0.669. The monoisotopic (exact) mass is 416 g/mol. The van der Waals surface area contributed by atoms with Gasteiger partial charge in [-0.2, -0.15) is 0 Å². The summed E-state index contributed by atoms with van der Waals surface area (Å²) in [6, 6.07) is 8.89. The zero-order chi connectivity index (χ0) is 21.3. The number of morpholine rings is 1. The Morgan fingerprint density at radius 1 is 1.10 bits per heavy atom. The Hall–Kier alpha value is -1.79. The average Bonchev–Trinajstić information content (AvgIpc) is 3.32. The fourth-order valence-corrected chi connectivity index (χ4v) is 4.90. The minimum absolute atomic E-state index is 0.00967. The van der Waals surface area contributed by atoms with Gasteiger partial charge in [0.25, 0.3) is 0 Å². The van der Waals surface area contributed by atoms with Gasteiger partial charge in [0.05, 0.1) is 13.2 Å². The molecule has 2 heterocycles. The Morgan fingerprint density at radius 3 is 2.43 bits per heavy atom. The van der Waals surface area contributed by atoms with Crippen LogP contribution >= 0.6 is 0 Å². The third-order valence-electron chi connectivity index (χ3n) is 6.76. The number of ether oxygens (including phenoxy) is 1. The van der Waals surface area contributed by atoms with Gasteiger partial charge in [-0.25, -0.2) is 4.79 Å². The molecule has 0 bridgehead atoms. The number of nitrogens with one attached hydrogen (secondary N) is 1. The number of urea groups is 1. The summed E-state index contributed by atoms with van der Waals surface area (Å²) < 4.78 is 5.54. The first-order valence-corrected chi connectivity index (χ1v) is 11.8. The number of anilines is 1. The molecule has 1 aromatic carbocycles. The number of amides is 2. The molecule has 168 valence electrons. The third-order valence-corrected chi connectivity index (χ3v) is 6.76. The van der Waals surface area contributed by atoms with Crippen LogP contribution in [0, 0.1) is 5.92 Å². The molecule has 1 unspecified atom stereocenters. The first-order valence-electron chi connectivity index (χ1n) is 11.8. The van der Waals surface area contributed by atoms with Gasteiger partial charge in [-0.3, -0.25) is 4.90 Å². The molecule has 0 saturated carbocycles. The van der Waals surface area contributed by atoms with Crippen LogP contribution in [-0.4, -0.2) is 74.9 Å². The highest BCUT2D eigenvalue weighted by Crippen LogP contribution is 2.25. The molecule has 6 nitrogen and oxygen atoms in total. The lowest BCUT2D eigenvalue weighted by atomic mass is 9.92. The van der Waals surface area contributed by atoms with Crippen molar-refractivity contribution in [2.75, 3.05) is 57.9 Å². The lowest BCUT2D eigenvalue weighted by molar-refractivity contribution is 0.00215. The molecule has 1 N–H and O–H groups in total. The van der Waals surface area contributed by atoms with Crippen LogP contribution in [0.1, 0.15) is 45.1 Å². The van der Waals surface area contributed by atoms with Gasteiger partial charge >= 0.3 is 6.03 Å². The van der Waals surface area contributed by atoms with E-state index in [4.69, 9.17) is 4.74 Å². The SMILES string of the molecule is CCC(CC)C(CNC(=O)N(C)Cc1ccccc1N1CCCC1)N1CCOCC1. The number of hydrogen-bond donors (Lipinski definition) is 1. The van der Waals surface area contributed by atoms with E-state index < -0.39 is 0 Å². The van der Waals surface area contributed by atoms with E-state index in [0.717, 1.165) is 52.2 Å². The molecule has 1 atom stereocenters. The molecule has 1 aromatic rings. The van der Waals surface area contributed by atoms with E-state index in [-0.39, 0.29) is 6.03 Å². The van der Waals surface area contributed by atoms with Crippen molar-refractivity contribution in [1.29, 1.82) is 0 Å². The smallest absolute Gasteiger partial charge is 0.317 e. The lowest BCUT2D eigenvalue weighted by Crippen LogP contribution is -2.53. The number of para-hydroxylation sites is 1. The standard InChI is InChI=1S/C24H40N4O2/c1-4-20(5-2)23(28-14-16-30-17-15-28)18-25-24(29)26(3)19-21-10-6-7-11-22(21)27-12-8-9-13-27/h6-7,10-11,20,23H,4-5,8-9,12-19H2,1-3H3,(H,25,29). The fourth-order valence-electron chi connectivity index (χ4n) is 4.90. The molecular formula is C24H40N4O2. The van der Waals surface area contributed by atoms with Crippen molar-refractivity contribution in [1.82, 2.24) is 15.1 Å². The second-order valence-corrected chi connectivity index (χ2v) is 8.66. The predicted octanol–water partition coefficient (Wildman–Crippen LogP) is 3.57. The van der Waals surface area contributed by atoms with Gasteiger partial charge < -0.3 is 19.9 Å². The van der Waals surface area contributed by atoms with Gasteiger partial charge in [-0.15, -0.1) is 0 Å². The van der Waals surface area contributed by atoms with Crippen molar-refractivity contribution in [2.24, 2.45) is 5.92 Å². The maximum Gasteiger partial charge on any atom is 0.317 e. The Kier molecular flexibility index (Phi) is 8.82. The van der Waals surface area contributed by atoms with Crippen molar-refractivity contribution in [3.05, 3.63) is 29.8 Å². The molecule has 2 aliphatic heterocycles. The number of rotatable bonds is 9. The first-order chi connectivity index (χ1) is 14.6. The van der Waals surface area contributed by atoms with Crippen LogP contribution in [-0.2, 0) is 11.3 Å². The minimum Gasteiger partial charge on any atom is -0.379 e. The van der Waals surface area contributed by atoms with Crippen LogP contribution in [0.5, 0.6) is 0 Å². The lowest BCUT2D eigenvalue weighted by Gasteiger charge is -2.39. The molecule has 6 heteroatoms. The Labute approximate surface area is 182 Å². The molecule has 2 fully saturated rings. The third kappa shape index (κ3) is 5.88. The summed E-state index contributed by atoms with van der Waals surface area (Å²) in [5, 5.41) is 3.23. The molecule has 2 aliphatic rings. The Morgan fingerprint density at radius 2 is 1.77 bits per heavy atom. The normalized spacial score (nSPS) is 18.6. The maximum absolute atomic E-state index is 12.9. The first kappa shape index (κ1) is 22.9. The van der Waals surface area contributed by atoms with E-state index in [2.05, 4.69) is 53.2 Å². The maximum atomic E-state index is 12.9. The average molecular weight is 417 g/mol. The summed E-state index contributed by atoms with van der Waals surface area (Å²) >= 11 is 0. The molecule has 2 amide bonds. The van der Waals surface area contributed by atoms with Crippen LogP contribution in [0.15, 0.2) is 24.3 Å².